The number of methoxy groups -OCH3 is 1. The molecule has 1 fully saturated rings. The van der Waals surface area contributed by atoms with Gasteiger partial charge in [0, 0.05) is 38.8 Å². The first kappa shape index (κ1) is 14.7. The van der Waals surface area contributed by atoms with E-state index in [0.29, 0.717) is 11.9 Å². The summed E-state index contributed by atoms with van der Waals surface area (Å²) in [6.07, 6.45) is 5.51. The second-order valence-corrected chi connectivity index (χ2v) is 5.49. The van der Waals surface area contributed by atoms with Crippen LogP contribution in [0.3, 0.4) is 0 Å². The molecule has 0 spiro atoms. The molecule has 1 aliphatic heterocycles. The predicted molar refractivity (Wildman–Crippen MR) is 81.5 cm³/mol. The minimum Gasteiger partial charge on any atom is -0.481 e. The summed E-state index contributed by atoms with van der Waals surface area (Å²) in [5.41, 5.74) is 1.15. The van der Waals surface area contributed by atoms with Gasteiger partial charge in [-0.3, -0.25) is 9.58 Å². The first-order valence-electron chi connectivity index (χ1n) is 7.43. The predicted octanol–water partition coefficient (Wildman–Crippen LogP) is 0.690. The fourth-order valence-electron chi connectivity index (χ4n) is 2.66. The molecule has 22 heavy (non-hydrogen) atoms. The maximum atomic E-state index is 5.12. The highest BCUT2D eigenvalue weighted by atomic mass is 16.5. The molecule has 1 N–H and O–H groups in total. The number of piperidine rings is 1. The number of nitrogens with one attached hydrogen (secondary N) is 1. The molecule has 0 radical (unpaired) electrons. The van der Waals surface area contributed by atoms with Gasteiger partial charge in [-0.05, 0) is 12.8 Å². The van der Waals surface area contributed by atoms with Crippen molar-refractivity contribution in [1.82, 2.24) is 29.9 Å². The van der Waals surface area contributed by atoms with E-state index >= 15 is 0 Å². The number of aromatic nitrogens is 5. The molecule has 1 saturated heterocycles. The van der Waals surface area contributed by atoms with Gasteiger partial charge in [0.05, 0.1) is 19.0 Å². The Morgan fingerprint density at radius 2 is 2.14 bits per heavy atom. The molecule has 0 bridgehead atoms. The smallest absolute Gasteiger partial charge is 0.218 e. The summed E-state index contributed by atoms with van der Waals surface area (Å²) in [6.45, 7) is 2.99. The molecular formula is C14H21N7O. The van der Waals surface area contributed by atoms with Crippen LogP contribution >= 0.6 is 0 Å². The van der Waals surface area contributed by atoms with Crippen molar-refractivity contribution < 1.29 is 4.74 Å². The first-order valence-corrected chi connectivity index (χ1v) is 7.43. The van der Waals surface area contributed by atoms with Gasteiger partial charge in [0.1, 0.15) is 12.1 Å². The van der Waals surface area contributed by atoms with E-state index in [-0.39, 0.29) is 0 Å². The molecule has 1 aliphatic rings. The van der Waals surface area contributed by atoms with Crippen LogP contribution in [0.5, 0.6) is 5.88 Å². The van der Waals surface area contributed by atoms with Gasteiger partial charge in [-0.25, -0.2) is 9.97 Å². The maximum absolute atomic E-state index is 5.12. The molecule has 118 valence electrons. The minimum atomic E-state index is 0.431. The van der Waals surface area contributed by atoms with Gasteiger partial charge in [0.25, 0.3) is 0 Å². The molecule has 0 unspecified atom stereocenters. The second-order valence-electron chi connectivity index (χ2n) is 5.49. The van der Waals surface area contributed by atoms with E-state index in [9.17, 15) is 0 Å². The molecule has 2 aromatic heterocycles. The van der Waals surface area contributed by atoms with Crippen molar-refractivity contribution in [3.8, 4) is 5.88 Å². The SMILES string of the molecule is COc1cc(NC2CCN(Cc3cnnn3C)CC2)ncn1. The van der Waals surface area contributed by atoms with E-state index in [1.165, 1.54) is 6.33 Å². The number of hydrogen-bond acceptors (Lipinski definition) is 7. The Balaban J connectivity index is 1.50. The molecule has 8 heteroatoms. The molecule has 0 aliphatic carbocycles. The minimum absolute atomic E-state index is 0.431. The van der Waals surface area contributed by atoms with Crippen LogP contribution in [-0.2, 0) is 13.6 Å². The van der Waals surface area contributed by atoms with Crippen molar-refractivity contribution in [2.75, 3.05) is 25.5 Å². The maximum Gasteiger partial charge on any atom is 0.218 e. The van der Waals surface area contributed by atoms with E-state index in [1.54, 1.807) is 7.11 Å². The topological polar surface area (TPSA) is 81.0 Å². The number of anilines is 1. The standard InChI is InChI=1S/C14H21N7O/c1-20-12(8-17-19-20)9-21-5-3-11(4-6-21)18-13-7-14(22-2)16-10-15-13/h7-8,10-11H,3-6,9H2,1-2H3,(H,15,16,18). The van der Waals surface area contributed by atoms with Crippen molar-refractivity contribution in [2.24, 2.45) is 7.05 Å². The average molecular weight is 303 g/mol. The van der Waals surface area contributed by atoms with E-state index in [0.717, 1.165) is 44.0 Å². The van der Waals surface area contributed by atoms with Crippen LogP contribution in [0.1, 0.15) is 18.5 Å². The lowest BCUT2D eigenvalue weighted by atomic mass is 10.0. The van der Waals surface area contributed by atoms with Gasteiger partial charge in [0.15, 0.2) is 0 Å². The number of likely N-dealkylation sites (tertiary alicyclic amines) is 1. The van der Waals surface area contributed by atoms with Crippen molar-refractivity contribution in [2.45, 2.75) is 25.4 Å². The number of aryl methyl sites for hydroxylation is 1. The Bertz CT molecular complexity index is 607. The van der Waals surface area contributed by atoms with E-state index < -0.39 is 0 Å². The molecule has 0 atom stereocenters. The van der Waals surface area contributed by atoms with Crippen LogP contribution < -0.4 is 10.1 Å². The van der Waals surface area contributed by atoms with Gasteiger partial charge in [0.2, 0.25) is 5.88 Å². The largest absolute Gasteiger partial charge is 0.481 e. The van der Waals surface area contributed by atoms with Crippen molar-refractivity contribution in [3.63, 3.8) is 0 Å². The molecule has 0 amide bonds. The van der Waals surface area contributed by atoms with Crippen molar-refractivity contribution in [3.05, 3.63) is 24.3 Å². The van der Waals surface area contributed by atoms with Gasteiger partial charge in [-0.2, -0.15) is 0 Å². The van der Waals surface area contributed by atoms with E-state index in [2.05, 4.69) is 30.5 Å². The Morgan fingerprint density at radius 1 is 1.32 bits per heavy atom. The number of ether oxygens (including phenoxy) is 1. The molecule has 0 saturated carbocycles. The number of hydrogen-bond donors (Lipinski definition) is 1. The summed E-state index contributed by atoms with van der Waals surface area (Å²) in [5, 5.41) is 11.4. The Labute approximate surface area is 129 Å². The summed E-state index contributed by atoms with van der Waals surface area (Å²) in [4.78, 5) is 10.7. The summed E-state index contributed by atoms with van der Waals surface area (Å²) in [6, 6.07) is 2.26. The van der Waals surface area contributed by atoms with Crippen LogP contribution in [0.2, 0.25) is 0 Å². The van der Waals surface area contributed by atoms with Crippen LogP contribution in [-0.4, -0.2) is 56.1 Å². The summed E-state index contributed by atoms with van der Waals surface area (Å²) in [7, 11) is 3.54. The van der Waals surface area contributed by atoms with E-state index in [4.69, 9.17) is 4.74 Å². The van der Waals surface area contributed by atoms with Gasteiger partial charge < -0.3 is 10.1 Å². The molecule has 2 aromatic rings. The summed E-state index contributed by atoms with van der Waals surface area (Å²) < 4.78 is 6.95. The lowest BCUT2D eigenvalue weighted by Gasteiger charge is -2.32. The molecular weight excluding hydrogens is 282 g/mol. The zero-order valence-corrected chi connectivity index (χ0v) is 12.9. The Morgan fingerprint density at radius 3 is 2.82 bits per heavy atom. The Kier molecular flexibility index (Phi) is 4.47. The first-order chi connectivity index (χ1) is 10.7. The zero-order chi connectivity index (χ0) is 15.4. The lowest BCUT2D eigenvalue weighted by molar-refractivity contribution is 0.206. The highest BCUT2D eigenvalue weighted by Crippen LogP contribution is 2.18. The van der Waals surface area contributed by atoms with Gasteiger partial charge >= 0.3 is 0 Å². The molecule has 3 heterocycles. The second kappa shape index (κ2) is 6.69. The van der Waals surface area contributed by atoms with Gasteiger partial charge in [-0.1, -0.05) is 5.21 Å². The fraction of sp³-hybridized carbons (Fsp3) is 0.571. The van der Waals surface area contributed by atoms with Crippen LogP contribution in [0.25, 0.3) is 0 Å². The quantitative estimate of drug-likeness (QED) is 0.870. The van der Waals surface area contributed by atoms with Crippen LogP contribution in [0, 0.1) is 0 Å². The van der Waals surface area contributed by atoms with E-state index in [1.807, 2.05) is 24.0 Å². The van der Waals surface area contributed by atoms with Crippen molar-refractivity contribution in [1.29, 1.82) is 0 Å². The van der Waals surface area contributed by atoms with Crippen LogP contribution in [0.15, 0.2) is 18.6 Å². The normalized spacial score (nSPS) is 16.6. The monoisotopic (exact) mass is 303 g/mol. The summed E-state index contributed by atoms with van der Waals surface area (Å²) >= 11 is 0. The highest BCUT2D eigenvalue weighted by molar-refractivity contribution is 5.38. The summed E-state index contributed by atoms with van der Waals surface area (Å²) in [5.74, 6) is 1.40. The fourth-order valence-corrected chi connectivity index (χ4v) is 2.66. The zero-order valence-electron chi connectivity index (χ0n) is 12.9. The number of rotatable bonds is 5. The third-order valence-electron chi connectivity index (χ3n) is 3.98. The molecule has 3 rings (SSSR count). The average Bonchev–Trinajstić information content (AvgIpc) is 2.94. The third-order valence-corrected chi connectivity index (χ3v) is 3.98. The van der Waals surface area contributed by atoms with Crippen LogP contribution in [0.4, 0.5) is 5.82 Å². The Hall–Kier alpha value is -2.22. The molecule has 8 nitrogen and oxygen atoms in total. The third kappa shape index (κ3) is 3.51. The van der Waals surface area contributed by atoms with Gasteiger partial charge in [-0.15, -0.1) is 5.10 Å². The lowest BCUT2D eigenvalue weighted by Crippen LogP contribution is -2.39. The van der Waals surface area contributed by atoms with Crippen molar-refractivity contribution >= 4 is 5.82 Å². The number of nitrogens with zero attached hydrogens (tertiary/aromatic N) is 6. The molecule has 0 aromatic carbocycles. The highest BCUT2D eigenvalue weighted by Gasteiger charge is 2.20.